The molecule has 1 aromatic heterocycles. The Balaban J connectivity index is 1.67. The van der Waals surface area contributed by atoms with E-state index in [2.05, 4.69) is 4.98 Å². The summed E-state index contributed by atoms with van der Waals surface area (Å²) < 4.78 is 11.5. The second-order valence-electron chi connectivity index (χ2n) is 6.08. The van der Waals surface area contributed by atoms with E-state index in [1.54, 1.807) is 6.20 Å². The van der Waals surface area contributed by atoms with Gasteiger partial charge >= 0.3 is 5.97 Å². The minimum Gasteiger partial charge on any atom is -0.481 e. The molecular formula is C19H21NO4. The number of aryl methyl sites for hydroxylation is 1. The van der Waals surface area contributed by atoms with Gasteiger partial charge in [0, 0.05) is 18.4 Å². The molecule has 0 amide bonds. The molecule has 0 bridgehead atoms. The van der Waals surface area contributed by atoms with Crippen molar-refractivity contribution in [1.29, 1.82) is 0 Å². The number of pyridine rings is 1. The molecule has 1 aliphatic heterocycles. The smallest absolute Gasteiger partial charge is 0.306 e. The van der Waals surface area contributed by atoms with Crippen molar-refractivity contribution in [2.75, 3.05) is 6.61 Å². The SMILES string of the molecule is Cc1cc([C@H]2C[C@@H](C(=O)O)CCO2)cnc1OCc1ccccc1. The lowest BCUT2D eigenvalue weighted by Gasteiger charge is -2.27. The Hall–Kier alpha value is -2.40. The summed E-state index contributed by atoms with van der Waals surface area (Å²) in [6.45, 7) is 2.87. The van der Waals surface area contributed by atoms with Crippen molar-refractivity contribution in [1.82, 2.24) is 4.98 Å². The number of ether oxygens (including phenoxy) is 2. The Bertz CT molecular complexity index is 702. The third-order valence-corrected chi connectivity index (χ3v) is 4.27. The molecule has 0 aliphatic carbocycles. The van der Waals surface area contributed by atoms with Gasteiger partial charge in [-0.15, -0.1) is 0 Å². The number of rotatable bonds is 5. The van der Waals surface area contributed by atoms with Crippen LogP contribution in [0.4, 0.5) is 0 Å². The normalized spacial score (nSPS) is 20.5. The van der Waals surface area contributed by atoms with Crippen LogP contribution < -0.4 is 4.74 Å². The predicted molar refractivity (Wildman–Crippen MR) is 88.8 cm³/mol. The van der Waals surface area contributed by atoms with Crippen molar-refractivity contribution in [3.63, 3.8) is 0 Å². The number of carbonyl (C=O) groups is 1. The van der Waals surface area contributed by atoms with Crippen molar-refractivity contribution in [3.8, 4) is 5.88 Å². The van der Waals surface area contributed by atoms with Gasteiger partial charge in [0.25, 0.3) is 0 Å². The number of carboxylic acids is 1. The van der Waals surface area contributed by atoms with Gasteiger partial charge in [-0.3, -0.25) is 4.79 Å². The zero-order valence-corrected chi connectivity index (χ0v) is 13.6. The van der Waals surface area contributed by atoms with Gasteiger partial charge in [-0.2, -0.15) is 0 Å². The predicted octanol–water partition coefficient (Wildman–Crippen LogP) is 3.52. The summed E-state index contributed by atoms with van der Waals surface area (Å²) in [5, 5.41) is 9.19. The number of hydrogen-bond acceptors (Lipinski definition) is 4. The number of benzene rings is 1. The number of hydrogen-bond donors (Lipinski definition) is 1. The van der Waals surface area contributed by atoms with Crippen LogP contribution in [0, 0.1) is 12.8 Å². The largest absolute Gasteiger partial charge is 0.481 e. The van der Waals surface area contributed by atoms with Crippen molar-refractivity contribution < 1.29 is 19.4 Å². The second-order valence-corrected chi connectivity index (χ2v) is 6.08. The lowest BCUT2D eigenvalue weighted by Crippen LogP contribution is -2.25. The van der Waals surface area contributed by atoms with E-state index >= 15 is 0 Å². The van der Waals surface area contributed by atoms with Gasteiger partial charge in [0.1, 0.15) is 6.61 Å². The van der Waals surface area contributed by atoms with Crippen molar-refractivity contribution in [2.45, 2.75) is 32.5 Å². The fourth-order valence-corrected chi connectivity index (χ4v) is 2.89. The summed E-state index contributed by atoms with van der Waals surface area (Å²) >= 11 is 0. The molecule has 1 N–H and O–H groups in total. The zero-order chi connectivity index (χ0) is 16.9. The molecule has 0 spiro atoms. The molecule has 2 heterocycles. The minimum absolute atomic E-state index is 0.214. The first-order valence-electron chi connectivity index (χ1n) is 8.11. The lowest BCUT2D eigenvalue weighted by molar-refractivity contribution is -0.147. The quantitative estimate of drug-likeness (QED) is 0.910. The first kappa shape index (κ1) is 16.5. The van der Waals surface area contributed by atoms with Gasteiger partial charge in [0.15, 0.2) is 0 Å². The van der Waals surface area contributed by atoms with Gasteiger partial charge in [0.2, 0.25) is 5.88 Å². The zero-order valence-electron chi connectivity index (χ0n) is 13.6. The molecular weight excluding hydrogens is 306 g/mol. The van der Waals surface area contributed by atoms with Gasteiger partial charge in [-0.25, -0.2) is 4.98 Å². The summed E-state index contributed by atoms with van der Waals surface area (Å²) in [5.41, 5.74) is 2.91. The van der Waals surface area contributed by atoms with E-state index in [1.165, 1.54) is 0 Å². The maximum atomic E-state index is 11.2. The first-order valence-corrected chi connectivity index (χ1v) is 8.11. The van der Waals surface area contributed by atoms with Crippen molar-refractivity contribution in [3.05, 3.63) is 59.3 Å². The van der Waals surface area contributed by atoms with Gasteiger partial charge in [-0.05, 0) is 37.0 Å². The van der Waals surface area contributed by atoms with Crippen molar-refractivity contribution >= 4 is 5.97 Å². The highest BCUT2D eigenvalue weighted by atomic mass is 16.5. The summed E-state index contributed by atoms with van der Waals surface area (Å²) in [4.78, 5) is 15.6. The number of carboxylic acid groups (broad SMARTS) is 1. The fourth-order valence-electron chi connectivity index (χ4n) is 2.89. The van der Waals surface area contributed by atoms with E-state index in [1.807, 2.05) is 43.3 Å². The molecule has 1 aromatic carbocycles. The highest BCUT2D eigenvalue weighted by Crippen LogP contribution is 2.33. The molecule has 5 heteroatoms. The second kappa shape index (κ2) is 7.45. The highest BCUT2D eigenvalue weighted by Gasteiger charge is 2.29. The van der Waals surface area contributed by atoms with Crippen LogP contribution in [0.2, 0.25) is 0 Å². The molecule has 0 radical (unpaired) electrons. The average molecular weight is 327 g/mol. The third-order valence-electron chi connectivity index (χ3n) is 4.27. The molecule has 0 saturated carbocycles. The maximum Gasteiger partial charge on any atom is 0.306 e. The molecule has 24 heavy (non-hydrogen) atoms. The highest BCUT2D eigenvalue weighted by molar-refractivity contribution is 5.70. The Morgan fingerprint density at radius 2 is 2.17 bits per heavy atom. The summed E-state index contributed by atoms with van der Waals surface area (Å²) in [7, 11) is 0. The van der Waals surface area contributed by atoms with E-state index < -0.39 is 5.97 Å². The molecule has 126 valence electrons. The summed E-state index contributed by atoms with van der Waals surface area (Å²) in [6.07, 6.45) is 2.56. The molecule has 2 aromatic rings. The lowest BCUT2D eigenvalue weighted by atomic mass is 9.92. The van der Waals surface area contributed by atoms with E-state index in [9.17, 15) is 9.90 Å². The van der Waals surface area contributed by atoms with Crippen LogP contribution >= 0.6 is 0 Å². The van der Waals surface area contributed by atoms with Gasteiger partial charge in [-0.1, -0.05) is 30.3 Å². The first-order chi connectivity index (χ1) is 11.6. The average Bonchev–Trinajstić information content (AvgIpc) is 2.61. The van der Waals surface area contributed by atoms with Crippen LogP contribution in [0.25, 0.3) is 0 Å². The molecule has 2 atom stereocenters. The Morgan fingerprint density at radius 1 is 1.38 bits per heavy atom. The molecule has 1 fully saturated rings. The molecule has 0 unspecified atom stereocenters. The Kier molecular flexibility index (Phi) is 5.11. The number of nitrogens with zero attached hydrogens (tertiary/aromatic N) is 1. The molecule has 1 saturated heterocycles. The summed E-state index contributed by atoms with van der Waals surface area (Å²) in [5.74, 6) is -0.512. The van der Waals surface area contributed by atoms with E-state index in [0.717, 1.165) is 16.7 Å². The monoisotopic (exact) mass is 327 g/mol. The van der Waals surface area contributed by atoms with Crippen LogP contribution in [0.1, 0.15) is 35.6 Å². The topological polar surface area (TPSA) is 68.7 Å². The van der Waals surface area contributed by atoms with Gasteiger partial charge in [0.05, 0.1) is 12.0 Å². The fraction of sp³-hybridized carbons (Fsp3) is 0.368. The van der Waals surface area contributed by atoms with Gasteiger partial charge < -0.3 is 14.6 Å². The number of aliphatic carboxylic acids is 1. The van der Waals surface area contributed by atoms with Crippen LogP contribution in [0.3, 0.4) is 0 Å². The van der Waals surface area contributed by atoms with Crippen molar-refractivity contribution in [2.24, 2.45) is 5.92 Å². The molecule has 5 nitrogen and oxygen atoms in total. The van der Waals surface area contributed by atoms with Crippen LogP contribution in [-0.2, 0) is 16.1 Å². The number of aromatic nitrogens is 1. The van der Waals surface area contributed by atoms with Crippen LogP contribution in [0.15, 0.2) is 42.6 Å². The molecule has 1 aliphatic rings. The maximum absolute atomic E-state index is 11.2. The Labute approximate surface area is 141 Å². The van der Waals surface area contributed by atoms with E-state index in [4.69, 9.17) is 9.47 Å². The van der Waals surface area contributed by atoms with E-state index in [0.29, 0.717) is 31.9 Å². The van der Waals surface area contributed by atoms with E-state index in [-0.39, 0.29) is 12.0 Å². The Morgan fingerprint density at radius 3 is 2.88 bits per heavy atom. The van der Waals surface area contributed by atoms with Crippen LogP contribution in [0.5, 0.6) is 5.88 Å². The standard InChI is InChI=1S/C19H21NO4/c1-13-9-16(17-10-15(19(21)22)7-8-23-17)11-20-18(13)24-12-14-5-3-2-4-6-14/h2-6,9,11,15,17H,7-8,10,12H2,1H3,(H,21,22)/t15-,17+/m0/s1. The summed E-state index contributed by atoms with van der Waals surface area (Å²) in [6, 6.07) is 11.9. The van der Waals surface area contributed by atoms with Crippen LogP contribution in [-0.4, -0.2) is 22.7 Å². The molecule has 3 rings (SSSR count). The minimum atomic E-state index is -0.754. The third kappa shape index (κ3) is 3.92.